The van der Waals surface area contributed by atoms with Gasteiger partial charge in [0.1, 0.15) is 19.8 Å². The molecule has 0 aliphatic heterocycles. The average Bonchev–Trinajstić information content (AvgIpc) is 3.39. The first-order chi connectivity index (χ1) is 26.2. The number of likely N-dealkylation sites (N-methyl/N-ethyl adjacent to an activating group) is 1. The van der Waals surface area contributed by atoms with E-state index < -0.39 is 50.8 Å². The van der Waals surface area contributed by atoms with Gasteiger partial charge in [-0.25, -0.2) is 4.57 Å². The summed E-state index contributed by atoms with van der Waals surface area (Å²) in [5.74, 6) is -1.40. The Hall–Kier alpha value is -1.89. The topological polar surface area (TPSA) is 169 Å². The lowest BCUT2D eigenvalue weighted by Gasteiger charge is -2.24. The van der Waals surface area contributed by atoms with Crippen LogP contribution in [0.4, 0.5) is 0 Å². The van der Waals surface area contributed by atoms with Gasteiger partial charge in [0, 0.05) is 25.2 Å². The predicted molar refractivity (Wildman–Crippen MR) is 217 cm³/mol. The molecule has 0 amide bonds. The molecule has 1 aliphatic rings. The van der Waals surface area contributed by atoms with Crippen molar-refractivity contribution in [2.24, 2.45) is 11.8 Å². The van der Waals surface area contributed by atoms with Crippen LogP contribution in [0, 0.1) is 11.8 Å². The number of phosphoric ester groups is 1. The summed E-state index contributed by atoms with van der Waals surface area (Å²) in [4.78, 5) is 35.4. The summed E-state index contributed by atoms with van der Waals surface area (Å²) < 4.78 is 34.1. The fraction of sp³-hybridized carbons (Fsp3) is 0.810. The molecule has 1 rings (SSSR count). The first-order valence-electron chi connectivity index (χ1n) is 21.0. The molecule has 4 N–H and O–H groups in total. The van der Waals surface area contributed by atoms with Gasteiger partial charge in [0.2, 0.25) is 0 Å². The minimum atomic E-state index is -4.43. The molecule has 13 heteroatoms. The van der Waals surface area contributed by atoms with Gasteiger partial charge in [0.25, 0.3) is 0 Å². The molecule has 55 heavy (non-hydrogen) atoms. The van der Waals surface area contributed by atoms with E-state index in [4.69, 9.17) is 18.5 Å². The number of hydrogen-bond acceptors (Lipinski definition) is 10. The number of aliphatic hydroxyl groups is 3. The average molecular weight is 803 g/mol. The van der Waals surface area contributed by atoms with Gasteiger partial charge in [-0.15, -0.1) is 0 Å². The maximum Gasteiger partial charge on any atom is 0.472 e. The van der Waals surface area contributed by atoms with Crippen LogP contribution in [-0.2, 0) is 32.7 Å². The number of hydrogen-bond donors (Lipinski definition) is 4. The number of nitrogens with zero attached hydrogens (tertiary/aromatic N) is 1. The first-order valence-corrected chi connectivity index (χ1v) is 22.5. The molecular weight excluding hydrogens is 725 g/mol. The molecule has 1 unspecified atom stereocenters. The fourth-order valence-corrected chi connectivity index (χ4v) is 7.02. The molecule has 0 radical (unpaired) electrons. The Bertz CT molecular complexity index is 1150. The summed E-state index contributed by atoms with van der Waals surface area (Å²) >= 11 is 0. The SMILES string of the molecule is CCCC/C=C\CCCCCCCC(=O)O[C@H](COC(=O)CCC/C=C/C[C@@H]1[C@@H](/C=C/[C@@H](O)CCCCC)[C@H](O)C[C@@H]1O)COP(=O)(O)OCC[N+](C)(C)C. The molecule has 0 aromatic carbocycles. The molecular formula is C42H77NO11P+. The highest BCUT2D eigenvalue weighted by molar-refractivity contribution is 7.47. The molecule has 12 nitrogen and oxygen atoms in total. The van der Waals surface area contributed by atoms with Gasteiger partial charge >= 0.3 is 19.8 Å². The van der Waals surface area contributed by atoms with Gasteiger partial charge < -0.3 is 34.2 Å². The van der Waals surface area contributed by atoms with Crippen LogP contribution in [0.2, 0.25) is 0 Å². The highest BCUT2D eigenvalue weighted by Gasteiger charge is 2.39. The second-order valence-corrected chi connectivity index (χ2v) is 17.4. The predicted octanol–water partition coefficient (Wildman–Crippen LogP) is 7.73. The van der Waals surface area contributed by atoms with Gasteiger partial charge in [0.15, 0.2) is 6.10 Å². The Morgan fingerprint density at radius 2 is 1.42 bits per heavy atom. The minimum absolute atomic E-state index is 0.00947. The zero-order chi connectivity index (χ0) is 41.0. The molecule has 0 heterocycles. The summed E-state index contributed by atoms with van der Waals surface area (Å²) in [7, 11) is 1.33. The van der Waals surface area contributed by atoms with Gasteiger partial charge in [-0.05, 0) is 57.3 Å². The normalized spacial score (nSPS) is 21.4. The number of carbonyl (C=O) groups excluding carboxylic acids is 2. The molecule has 1 aliphatic carbocycles. The van der Waals surface area contributed by atoms with Crippen LogP contribution in [0.1, 0.15) is 136 Å². The molecule has 0 spiro atoms. The number of unbranched alkanes of at least 4 members (excludes halogenated alkanes) is 10. The fourth-order valence-electron chi connectivity index (χ4n) is 6.28. The van der Waals surface area contributed by atoms with Crippen LogP contribution < -0.4 is 0 Å². The Labute approximate surface area is 332 Å². The van der Waals surface area contributed by atoms with Crippen molar-refractivity contribution in [1.29, 1.82) is 0 Å². The monoisotopic (exact) mass is 803 g/mol. The number of carbonyl (C=O) groups is 2. The lowest BCUT2D eigenvalue weighted by molar-refractivity contribution is -0.870. The smallest absolute Gasteiger partial charge is 0.462 e. The van der Waals surface area contributed by atoms with Crippen molar-refractivity contribution in [3.8, 4) is 0 Å². The number of esters is 2. The van der Waals surface area contributed by atoms with Gasteiger partial charge in [-0.2, -0.15) is 0 Å². The summed E-state index contributed by atoms with van der Waals surface area (Å²) in [5.41, 5.74) is 0. The highest BCUT2D eigenvalue weighted by Crippen LogP contribution is 2.43. The van der Waals surface area contributed by atoms with E-state index in [-0.39, 0.29) is 37.9 Å². The molecule has 0 saturated heterocycles. The van der Waals surface area contributed by atoms with Crippen LogP contribution in [0.3, 0.4) is 0 Å². The second-order valence-electron chi connectivity index (χ2n) is 16.0. The minimum Gasteiger partial charge on any atom is -0.462 e. The van der Waals surface area contributed by atoms with Gasteiger partial charge in [-0.1, -0.05) is 102 Å². The van der Waals surface area contributed by atoms with E-state index in [1.807, 2.05) is 39.4 Å². The van der Waals surface area contributed by atoms with E-state index in [9.17, 15) is 34.4 Å². The number of aliphatic hydroxyl groups excluding tert-OH is 3. The van der Waals surface area contributed by atoms with E-state index in [1.165, 1.54) is 12.8 Å². The van der Waals surface area contributed by atoms with Crippen LogP contribution in [-0.4, -0.2) is 109 Å². The van der Waals surface area contributed by atoms with Crippen molar-refractivity contribution in [2.45, 2.75) is 160 Å². The number of quaternary nitrogens is 1. The van der Waals surface area contributed by atoms with Crippen molar-refractivity contribution in [2.75, 3.05) is 47.5 Å². The van der Waals surface area contributed by atoms with Crippen molar-refractivity contribution < 1.29 is 57.4 Å². The van der Waals surface area contributed by atoms with Crippen LogP contribution in [0.25, 0.3) is 0 Å². The summed E-state index contributed by atoms with van der Waals surface area (Å²) in [6, 6.07) is 0. The maximum absolute atomic E-state index is 12.7. The number of phosphoric acid groups is 1. The van der Waals surface area contributed by atoms with Crippen LogP contribution in [0.15, 0.2) is 36.5 Å². The highest BCUT2D eigenvalue weighted by atomic mass is 31.2. The molecule has 7 atom stereocenters. The summed E-state index contributed by atoms with van der Waals surface area (Å²) in [6.45, 7) is 3.97. The van der Waals surface area contributed by atoms with Crippen molar-refractivity contribution in [3.63, 3.8) is 0 Å². The van der Waals surface area contributed by atoms with Crippen molar-refractivity contribution in [3.05, 3.63) is 36.5 Å². The maximum atomic E-state index is 12.7. The second kappa shape index (κ2) is 30.2. The third-order valence-electron chi connectivity index (χ3n) is 9.71. The third-order valence-corrected chi connectivity index (χ3v) is 10.7. The number of rotatable bonds is 33. The van der Waals surface area contributed by atoms with Gasteiger partial charge in [0.05, 0.1) is 46.1 Å². The lowest BCUT2D eigenvalue weighted by Crippen LogP contribution is -2.37. The van der Waals surface area contributed by atoms with Crippen molar-refractivity contribution in [1.82, 2.24) is 0 Å². The zero-order valence-corrected chi connectivity index (χ0v) is 35.6. The Morgan fingerprint density at radius 3 is 2.13 bits per heavy atom. The van der Waals surface area contributed by atoms with Crippen molar-refractivity contribution >= 4 is 19.8 Å². The number of allylic oxidation sites excluding steroid dienone is 4. The van der Waals surface area contributed by atoms with E-state index in [1.54, 1.807) is 6.08 Å². The molecule has 1 fully saturated rings. The Balaban J connectivity index is 2.55. The molecule has 320 valence electrons. The Kier molecular flexibility index (Phi) is 28.1. The Morgan fingerprint density at radius 1 is 0.782 bits per heavy atom. The summed E-state index contributed by atoms with van der Waals surface area (Å²) in [6.07, 6.45) is 24.4. The van der Waals surface area contributed by atoms with Gasteiger partial charge in [-0.3, -0.25) is 18.6 Å². The van der Waals surface area contributed by atoms with Crippen LogP contribution >= 0.6 is 7.82 Å². The van der Waals surface area contributed by atoms with E-state index in [2.05, 4.69) is 26.0 Å². The van der Waals surface area contributed by atoms with E-state index in [0.717, 1.165) is 57.8 Å². The molecule has 1 saturated carbocycles. The summed E-state index contributed by atoms with van der Waals surface area (Å²) in [5, 5.41) is 31.3. The quantitative estimate of drug-likeness (QED) is 0.0169. The van der Waals surface area contributed by atoms with E-state index in [0.29, 0.717) is 49.6 Å². The number of ether oxygens (including phenoxy) is 2. The molecule has 0 aromatic heterocycles. The largest absolute Gasteiger partial charge is 0.472 e. The molecule has 0 aromatic rings. The standard InChI is InChI=1S/C42H76NO11P/c1-6-8-10-11-12-13-14-15-16-17-23-27-42(48)54-36(34-53-55(49,50)52-31-30-43(3,4)5)33-51-41(47)26-22-19-18-21-25-37-38(40(46)32-39(37)45)29-28-35(44)24-20-9-7-2/h11-12,18,21,28-29,35-40,44-46H,6-10,13-17,19-20,22-27,30-34H2,1-5H3/p+1/b12-11-,21-18+,29-28+/t35-,36+,37+,38+,39-,40+/m0/s1. The van der Waals surface area contributed by atoms with Crippen LogP contribution in [0.5, 0.6) is 0 Å². The third kappa shape index (κ3) is 27.4. The first kappa shape index (κ1) is 51.1. The lowest BCUT2D eigenvalue weighted by atomic mass is 9.89. The zero-order valence-electron chi connectivity index (χ0n) is 34.7. The molecule has 0 bridgehead atoms. The van der Waals surface area contributed by atoms with E-state index >= 15 is 0 Å².